The SMILES string of the molecule is O=C(Cc1ccc2ccccc2c1)Nc1cccc(S(=O)(=O)NC2=NCCCCC2)c1. The number of amidine groups is 1. The first kappa shape index (κ1) is 21.1. The van der Waals surface area contributed by atoms with Crippen molar-refractivity contribution in [2.45, 2.75) is 37.0 Å². The van der Waals surface area contributed by atoms with Gasteiger partial charge in [-0.25, -0.2) is 8.42 Å². The van der Waals surface area contributed by atoms with Crippen molar-refractivity contribution >= 4 is 38.2 Å². The van der Waals surface area contributed by atoms with Crippen LogP contribution in [0.3, 0.4) is 0 Å². The minimum Gasteiger partial charge on any atom is -0.326 e. The second-order valence-electron chi connectivity index (χ2n) is 7.68. The Morgan fingerprint density at radius 3 is 2.61 bits per heavy atom. The highest BCUT2D eigenvalue weighted by molar-refractivity contribution is 7.90. The van der Waals surface area contributed by atoms with Gasteiger partial charge < -0.3 is 5.32 Å². The summed E-state index contributed by atoms with van der Waals surface area (Å²) in [6, 6.07) is 20.2. The van der Waals surface area contributed by atoms with E-state index in [4.69, 9.17) is 0 Å². The molecule has 7 heteroatoms. The molecule has 0 bridgehead atoms. The number of hydrogen-bond donors (Lipinski definition) is 2. The van der Waals surface area contributed by atoms with Gasteiger partial charge in [0.05, 0.1) is 11.3 Å². The molecule has 0 aromatic heterocycles. The molecular formula is C24H25N3O3S. The Morgan fingerprint density at radius 2 is 1.74 bits per heavy atom. The van der Waals surface area contributed by atoms with Crippen molar-refractivity contribution in [3.8, 4) is 0 Å². The van der Waals surface area contributed by atoms with Gasteiger partial charge in [-0.2, -0.15) is 0 Å². The maximum Gasteiger partial charge on any atom is 0.262 e. The average Bonchev–Trinajstić information content (AvgIpc) is 3.02. The second-order valence-corrected chi connectivity index (χ2v) is 9.36. The van der Waals surface area contributed by atoms with Gasteiger partial charge in [-0.05, 0) is 47.4 Å². The number of sulfonamides is 1. The van der Waals surface area contributed by atoms with Crippen LogP contribution in [-0.4, -0.2) is 26.7 Å². The predicted molar refractivity (Wildman–Crippen MR) is 124 cm³/mol. The van der Waals surface area contributed by atoms with Gasteiger partial charge in [0.15, 0.2) is 0 Å². The number of carbonyl (C=O) groups is 1. The van der Waals surface area contributed by atoms with Crippen molar-refractivity contribution in [3.05, 3.63) is 72.3 Å². The Bertz CT molecular complexity index is 1240. The molecule has 0 saturated carbocycles. The monoisotopic (exact) mass is 435 g/mol. The Labute approximate surface area is 182 Å². The molecule has 2 N–H and O–H groups in total. The lowest BCUT2D eigenvalue weighted by molar-refractivity contribution is -0.115. The summed E-state index contributed by atoms with van der Waals surface area (Å²) in [5.41, 5.74) is 1.34. The van der Waals surface area contributed by atoms with Gasteiger partial charge in [-0.15, -0.1) is 0 Å². The number of rotatable bonds is 5. The highest BCUT2D eigenvalue weighted by Gasteiger charge is 2.18. The van der Waals surface area contributed by atoms with E-state index in [2.05, 4.69) is 15.0 Å². The Balaban J connectivity index is 1.44. The highest BCUT2D eigenvalue weighted by atomic mass is 32.2. The van der Waals surface area contributed by atoms with E-state index in [1.807, 2.05) is 42.5 Å². The third kappa shape index (κ3) is 5.49. The first-order valence-corrected chi connectivity index (χ1v) is 11.9. The number of benzene rings is 3. The van der Waals surface area contributed by atoms with Crippen LogP contribution in [0.1, 0.15) is 31.2 Å². The van der Waals surface area contributed by atoms with E-state index in [1.165, 1.54) is 12.1 Å². The summed E-state index contributed by atoms with van der Waals surface area (Å²) < 4.78 is 28.1. The topological polar surface area (TPSA) is 87.6 Å². The van der Waals surface area contributed by atoms with Crippen LogP contribution in [0, 0.1) is 0 Å². The van der Waals surface area contributed by atoms with Crippen LogP contribution in [0.4, 0.5) is 5.69 Å². The van der Waals surface area contributed by atoms with E-state index in [9.17, 15) is 13.2 Å². The zero-order chi connectivity index (χ0) is 21.7. The Morgan fingerprint density at radius 1 is 0.903 bits per heavy atom. The van der Waals surface area contributed by atoms with Crippen LogP contribution < -0.4 is 10.0 Å². The van der Waals surface area contributed by atoms with Crippen molar-refractivity contribution in [1.29, 1.82) is 0 Å². The molecule has 1 heterocycles. The van der Waals surface area contributed by atoms with Gasteiger partial charge in [-0.1, -0.05) is 55.0 Å². The molecule has 6 nitrogen and oxygen atoms in total. The number of fused-ring (bicyclic) bond motifs is 1. The van der Waals surface area contributed by atoms with E-state index in [0.717, 1.165) is 35.6 Å². The van der Waals surface area contributed by atoms with Gasteiger partial charge in [0.1, 0.15) is 5.84 Å². The normalized spacial score (nSPS) is 14.5. The molecule has 1 aliphatic heterocycles. The van der Waals surface area contributed by atoms with Crippen molar-refractivity contribution in [1.82, 2.24) is 4.72 Å². The molecule has 0 radical (unpaired) electrons. The maximum absolute atomic E-state index is 12.8. The van der Waals surface area contributed by atoms with Gasteiger partial charge >= 0.3 is 0 Å². The van der Waals surface area contributed by atoms with Gasteiger partial charge in [-0.3, -0.25) is 14.5 Å². The van der Waals surface area contributed by atoms with E-state index < -0.39 is 10.0 Å². The molecule has 3 aromatic rings. The minimum absolute atomic E-state index is 0.1000. The van der Waals surface area contributed by atoms with Crippen LogP contribution >= 0.6 is 0 Å². The third-order valence-corrected chi connectivity index (χ3v) is 6.61. The van der Waals surface area contributed by atoms with E-state index >= 15 is 0 Å². The van der Waals surface area contributed by atoms with Crippen LogP contribution in [0.2, 0.25) is 0 Å². The molecule has 0 saturated heterocycles. The lowest BCUT2D eigenvalue weighted by Crippen LogP contribution is -2.30. The summed E-state index contributed by atoms with van der Waals surface area (Å²) in [5, 5.41) is 5.00. The second kappa shape index (κ2) is 9.31. The van der Waals surface area contributed by atoms with E-state index in [0.29, 0.717) is 24.5 Å². The van der Waals surface area contributed by atoms with Crippen molar-refractivity contribution in [3.63, 3.8) is 0 Å². The van der Waals surface area contributed by atoms with Crippen LogP contribution in [0.25, 0.3) is 10.8 Å². The minimum atomic E-state index is -3.75. The van der Waals surface area contributed by atoms with Crippen molar-refractivity contribution in [2.75, 3.05) is 11.9 Å². The summed E-state index contributed by atoms with van der Waals surface area (Å²) in [6.45, 7) is 0.642. The lowest BCUT2D eigenvalue weighted by Gasteiger charge is -2.11. The third-order valence-electron chi connectivity index (χ3n) is 5.23. The van der Waals surface area contributed by atoms with Crippen LogP contribution in [0.15, 0.2) is 76.6 Å². The quantitative estimate of drug-likeness (QED) is 0.627. The number of anilines is 1. The fourth-order valence-corrected chi connectivity index (χ4v) is 4.79. The fraction of sp³-hybridized carbons (Fsp3) is 0.250. The lowest BCUT2D eigenvalue weighted by atomic mass is 10.0. The standard InChI is InChI=1S/C24H25N3O3S/c28-24(16-18-12-13-19-7-3-4-8-20(19)15-18)26-21-9-6-10-22(17-21)31(29,30)27-23-11-2-1-5-14-25-23/h3-4,6-10,12-13,15,17H,1-2,5,11,14,16H2,(H,25,27)(H,26,28). The summed E-state index contributed by atoms with van der Waals surface area (Å²) in [7, 11) is -3.75. The molecule has 3 aromatic carbocycles. The largest absolute Gasteiger partial charge is 0.326 e. The number of carbonyl (C=O) groups excluding carboxylic acids is 1. The molecule has 0 atom stereocenters. The molecule has 0 aliphatic carbocycles. The first-order chi connectivity index (χ1) is 15.0. The zero-order valence-corrected chi connectivity index (χ0v) is 18.0. The molecule has 1 amide bonds. The van der Waals surface area contributed by atoms with E-state index in [-0.39, 0.29) is 17.2 Å². The molecular weight excluding hydrogens is 410 g/mol. The first-order valence-electron chi connectivity index (χ1n) is 10.4. The number of hydrogen-bond acceptors (Lipinski definition) is 4. The van der Waals surface area contributed by atoms with Crippen LogP contribution in [0.5, 0.6) is 0 Å². The molecule has 160 valence electrons. The molecule has 1 aliphatic rings. The molecule has 0 spiro atoms. The van der Waals surface area contributed by atoms with E-state index in [1.54, 1.807) is 12.1 Å². The maximum atomic E-state index is 12.8. The summed E-state index contributed by atoms with van der Waals surface area (Å²) in [4.78, 5) is 17.0. The Hall–Kier alpha value is -3.19. The summed E-state index contributed by atoms with van der Waals surface area (Å²) in [5.74, 6) is 0.300. The van der Waals surface area contributed by atoms with Crippen LogP contribution in [-0.2, 0) is 21.2 Å². The van der Waals surface area contributed by atoms with Gasteiger partial charge in [0, 0.05) is 18.7 Å². The number of amides is 1. The fourth-order valence-electron chi connectivity index (χ4n) is 3.65. The van der Waals surface area contributed by atoms with Crippen molar-refractivity contribution < 1.29 is 13.2 Å². The molecule has 0 fully saturated rings. The van der Waals surface area contributed by atoms with Gasteiger partial charge in [0.2, 0.25) is 5.91 Å². The van der Waals surface area contributed by atoms with Crippen molar-refractivity contribution in [2.24, 2.45) is 4.99 Å². The molecule has 0 unspecified atom stereocenters. The predicted octanol–water partition coefficient (Wildman–Crippen LogP) is 4.27. The average molecular weight is 436 g/mol. The summed E-state index contributed by atoms with van der Waals surface area (Å²) in [6.07, 6.45) is 3.78. The molecule has 31 heavy (non-hydrogen) atoms. The number of nitrogens with one attached hydrogen (secondary N) is 2. The zero-order valence-electron chi connectivity index (χ0n) is 17.2. The number of aliphatic imine (C=N–C) groups is 1. The number of nitrogens with zero attached hydrogens (tertiary/aromatic N) is 1. The van der Waals surface area contributed by atoms with Gasteiger partial charge in [0.25, 0.3) is 10.0 Å². The summed E-state index contributed by atoms with van der Waals surface area (Å²) >= 11 is 0. The smallest absolute Gasteiger partial charge is 0.262 e. The Kier molecular flexibility index (Phi) is 6.32. The highest BCUT2D eigenvalue weighted by Crippen LogP contribution is 2.19. The molecule has 4 rings (SSSR count).